The molecule has 28 heavy (non-hydrogen) atoms. The number of carbonyl (C=O) groups is 3. The van der Waals surface area contributed by atoms with Crippen molar-refractivity contribution in [3.8, 4) is 0 Å². The molecule has 2 N–H and O–H groups in total. The summed E-state index contributed by atoms with van der Waals surface area (Å²) in [6, 6.07) is 5.58. The van der Waals surface area contributed by atoms with E-state index in [1.54, 1.807) is 4.90 Å². The second-order valence-electron chi connectivity index (χ2n) is 9.04. The molecule has 7 nitrogen and oxygen atoms in total. The molecule has 3 atom stereocenters. The molecule has 0 radical (unpaired) electrons. The van der Waals surface area contributed by atoms with Crippen molar-refractivity contribution < 1.29 is 14.4 Å². The Balaban J connectivity index is 1.30. The van der Waals surface area contributed by atoms with Crippen molar-refractivity contribution in [1.29, 1.82) is 0 Å². The monoisotopic (exact) mass is 382 g/mol. The number of hydrogen-bond acceptors (Lipinski definition) is 5. The fourth-order valence-corrected chi connectivity index (χ4v) is 5.36. The van der Waals surface area contributed by atoms with Crippen LogP contribution in [-0.2, 0) is 22.7 Å². The van der Waals surface area contributed by atoms with E-state index in [1.807, 2.05) is 12.1 Å². The largest absolute Gasteiger partial charge is 0.322 e. The average Bonchev–Trinajstić information content (AvgIpc) is 3.25. The number of nitrogens with one attached hydrogen (secondary N) is 2. The van der Waals surface area contributed by atoms with E-state index in [0.29, 0.717) is 29.9 Å². The minimum Gasteiger partial charge on any atom is -0.322 e. The Bertz CT molecular complexity index is 869. The van der Waals surface area contributed by atoms with Gasteiger partial charge in [0.2, 0.25) is 11.8 Å². The molecule has 0 aromatic heterocycles. The number of carbonyl (C=O) groups excluding carboxylic acids is 3. The normalized spacial score (nSPS) is 32.6. The minimum atomic E-state index is -0.550. The van der Waals surface area contributed by atoms with E-state index < -0.39 is 6.04 Å². The molecular formula is C21H26N4O3. The molecule has 1 aromatic rings. The topological polar surface area (TPSA) is 81.8 Å². The van der Waals surface area contributed by atoms with Crippen LogP contribution in [0.3, 0.4) is 0 Å². The number of imide groups is 1. The predicted octanol–water partition coefficient (Wildman–Crippen LogP) is 0.489. The molecule has 5 rings (SSSR count). The second kappa shape index (κ2) is 6.39. The number of benzene rings is 1. The number of rotatable bonds is 3. The Morgan fingerprint density at radius 2 is 2.11 bits per heavy atom. The third kappa shape index (κ3) is 2.84. The van der Waals surface area contributed by atoms with Crippen molar-refractivity contribution in [3.63, 3.8) is 0 Å². The standard InChI is InChI=1S/C21H26N4O3/c1-21-11-22-7-15(21)10-24(12-21)8-13-2-3-14-9-25(20(28)16(14)6-13)17-4-5-18(26)23-19(17)27/h2-3,6,15,17,22H,4-5,7-12H2,1H3,(H,23,26,27). The maximum atomic E-state index is 13.0. The van der Waals surface area contributed by atoms with Crippen molar-refractivity contribution in [2.75, 3.05) is 26.2 Å². The molecule has 1 aromatic carbocycles. The predicted molar refractivity (Wildman–Crippen MR) is 102 cm³/mol. The van der Waals surface area contributed by atoms with Gasteiger partial charge in [-0.15, -0.1) is 0 Å². The molecule has 3 amide bonds. The average molecular weight is 382 g/mol. The van der Waals surface area contributed by atoms with Crippen LogP contribution in [0, 0.1) is 11.3 Å². The first-order chi connectivity index (χ1) is 13.4. The van der Waals surface area contributed by atoms with Gasteiger partial charge in [-0.25, -0.2) is 0 Å². The summed E-state index contributed by atoms with van der Waals surface area (Å²) in [6.45, 7) is 8.01. The highest BCUT2D eigenvalue weighted by atomic mass is 16.2. The minimum absolute atomic E-state index is 0.0965. The number of likely N-dealkylation sites (tertiary alicyclic amines) is 1. The summed E-state index contributed by atoms with van der Waals surface area (Å²) in [5, 5.41) is 5.85. The number of amides is 3. The Hall–Kier alpha value is -2.25. The van der Waals surface area contributed by atoms with Crippen molar-refractivity contribution in [2.24, 2.45) is 11.3 Å². The van der Waals surface area contributed by atoms with Crippen molar-refractivity contribution in [3.05, 3.63) is 34.9 Å². The molecule has 3 saturated heterocycles. The Morgan fingerprint density at radius 3 is 2.89 bits per heavy atom. The van der Waals surface area contributed by atoms with Gasteiger partial charge in [-0.05, 0) is 41.5 Å². The fraction of sp³-hybridized carbons (Fsp3) is 0.571. The summed E-state index contributed by atoms with van der Waals surface area (Å²) in [6.07, 6.45) is 0.685. The van der Waals surface area contributed by atoms with Crippen LogP contribution in [0.15, 0.2) is 18.2 Å². The summed E-state index contributed by atoms with van der Waals surface area (Å²) >= 11 is 0. The number of fused-ring (bicyclic) bond motifs is 2. The summed E-state index contributed by atoms with van der Waals surface area (Å²) in [4.78, 5) is 40.6. The van der Waals surface area contributed by atoms with Gasteiger partial charge in [0, 0.05) is 44.7 Å². The molecule has 4 aliphatic heterocycles. The van der Waals surface area contributed by atoms with Crippen LogP contribution in [0.25, 0.3) is 0 Å². The van der Waals surface area contributed by atoms with Crippen LogP contribution < -0.4 is 10.6 Å². The van der Waals surface area contributed by atoms with Gasteiger partial charge in [0.1, 0.15) is 6.04 Å². The highest BCUT2D eigenvalue weighted by Gasteiger charge is 2.46. The maximum absolute atomic E-state index is 13.0. The highest BCUT2D eigenvalue weighted by Crippen LogP contribution is 2.39. The number of hydrogen-bond donors (Lipinski definition) is 2. The Labute approximate surface area is 164 Å². The van der Waals surface area contributed by atoms with Gasteiger partial charge < -0.3 is 10.2 Å². The van der Waals surface area contributed by atoms with E-state index >= 15 is 0 Å². The van der Waals surface area contributed by atoms with Crippen molar-refractivity contribution in [2.45, 2.75) is 38.9 Å². The van der Waals surface area contributed by atoms with Crippen LogP contribution in [0.2, 0.25) is 0 Å². The Morgan fingerprint density at radius 1 is 1.25 bits per heavy atom. The summed E-state index contributed by atoms with van der Waals surface area (Å²) in [7, 11) is 0. The summed E-state index contributed by atoms with van der Waals surface area (Å²) in [5.41, 5.74) is 3.17. The van der Waals surface area contributed by atoms with Crippen LogP contribution in [0.1, 0.15) is 41.3 Å². The van der Waals surface area contributed by atoms with E-state index in [2.05, 4.69) is 28.5 Å². The quantitative estimate of drug-likeness (QED) is 0.744. The lowest BCUT2D eigenvalue weighted by molar-refractivity contribution is -0.136. The number of nitrogens with zero attached hydrogens (tertiary/aromatic N) is 2. The van der Waals surface area contributed by atoms with E-state index in [4.69, 9.17) is 0 Å². The first-order valence-electron chi connectivity index (χ1n) is 10.1. The lowest BCUT2D eigenvalue weighted by Gasteiger charge is -2.29. The van der Waals surface area contributed by atoms with Gasteiger partial charge in [-0.2, -0.15) is 0 Å². The molecule has 0 bridgehead atoms. The van der Waals surface area contributed by atoms with E-state index in [-0.39, 0.29) is 24.1 Å². The van der Waals surface area contributed by atoms with Gasteiger partial charge in [-0.3, -0.25) is 24.6 Å². The zero-order chi connectivity index (χ0) is 19.5. The van der Waals surface area contributed by atoms with Crippen LogP contribution in [0.5, 0.6) is 0 Å². The number of piperidine rings is 1. The molecule has 7 heteroatoms. The fourth-order valence-electron chi connectivity index (χ4n) is 5.36. The van der Waals surface area contributed by atoms with Crippen LogP contribution in [0.4, 0.5) is 0 Å². The third-order valence-corrected chi connectivity index (χ3v) is 6.97. The van der Waals surface area contributed by atoms with E-state index in [1.165, 1.54) is 0 Å². The molecule has 4 heterocycles. The lowest BCUT2D eigenvalue weighted by atomic mass is 9.83. The highest BCUT2D eigenvalue weighted by molar-refractivity contribution is 6.05. The summed E-state index contributed by atoms with van der Waals surface area (Å²) in [5.74, 6) is -0.0116. The first-order valence-corrected chi connectivity index (χ1v) is 10.1. The van der Waals surface area contributed by atoms with Crippen LogP contribution in [-0.4, -0.2) is 59.7 Å². The zero-order valence-corrected chi connectivity index (χ0v) is 16.2. The third-order valence-electron chi connectivity index (χ3n) is 6.97. The van der Waals surface area contributed by atoms with E-state index in [9.17, 15) is 14.4 Å². The molecule has 0 aliphatic carbocycles. The van der Waals surface area contributed by atoms with Crippen LogP contribution >= 0.6 is 0 Å². The molecule has 4 aliphatic rings. The van der Waals surface area contributed by atoms with Gasteiger partial charge in [-0.1, -0.05) is 19.1 Å². The Kier molecular flexibility index (Phi) is 4.07. The zero-order valence-electron chi connectivity index (χ0n) is 16.2. The second-order valence-corrected chi connectivity index (χ2v) is 9.04. The maximum Gasteiger partial charge on any atom is 0.255 e. The van der Waals surface area contributed by atoms with Gasteiger partial charge in [0.15, 0.2) is 0 Å². The van der Waals surface area contributed by atoms with Gasteiger partial charge in [0.05, 0.1) is 0 Å². The van der Waals surface area contributed by atoms with Gasteiger partial charge in [0.25, 0.3) is 5.91 Å². The summed E-state index contributed by atoms with van der Waals surface area (Å²) < 4.78 is 0. The molecule has 3 unspecified atom stereocenters. The van der Waals surface area contributed by atoms with Crippen molar-refractivity contribution in [1.82, 2.24) is 20.4 Å². The smallest absolute Gasteiger partial charge is 0.255 e. The van der Waals surface area contributed by atoms with Gasteiger partial charge >= 0.3 is 0 Å². The lowest BCUT2D eigenvalue weighted by Crippen LogP contribution is -2.52. The SMILES string of the molecule is CC12CNCC1CN(Cc1ccc3c(c1)C(=O)N(C1CCC(=O)NC1=O)C3)C2. The van der Waals surface area contributed by atoms with Crippen molar-refractivity contribution >= 4 is 17.7 Å². The molecule has 148 valence electrons. The molecule has 0 spiro atoms. The molecule has 3 fully saturated rings. The molecular weight excluding hydrogens is 356 g/mol. The first kappa shape index (κ1) is 17.8. The molecule has 0 saturated carbocycles. The van der Waals surface area contributed by atoms with E-state index in [0.717, 1.165) is 43.9 Å².